The smallest absolute Gasteiger partial charge is 0.408 e. The first-order chi connectivity index (χ1) is 19.7. The van der Waals surface area contributed by atoms with Gasteiger partial charge in [0.05, 0.1) is 12.7 Å². The number of carboxylic acids is 1. The molecule has 234 valence electrons. The van der Waals surface area contributed by atoms with Gasteiger partial charge in [0.1, 0.15) is 31.0 Å². The first kappa shape index (κ1) is 34.9. The van der Waals surface area contributed by atoms with E-state index < -0.39 is 54.9 Å². The van der Waals surface area contributed by atoms with Gasteiger partial charge in [-0.15, -0.1) is 0 Å². The van der Waals surface area contributed by atoms with E-state index in [1.165, 1.54) is 0 Å². The van der Waals surface area contributed by atoms with Crippen molar-refractivity contribution in [3.8, 4) is 0 Å². The van der Waals surface area contributed by atoms with Crippen molar-refractivity contribution in [2.45, 2.75) is 115 Å². The first-order valence-corrected chi connectivity index (χ1v) is 14.8. The summed E-state index contributed by atoms with van der Waals surface area (Å²) in [6.07, 6.45) is -1.18. The van der Waals surface area contributed by atoms with Gasteiger partial charge in [-0.2, -0.15) is 0 Å². The van der Waals surface area contributed by atoms with Crippen LogP contribution in [0.25, 0.3) is 0 Å². The maximum atomic E-state index is 15.7. The predicted molar refractivity (Wildman–Crippen MR) is 149 cm³/mol. The van der Waals surface area contributed by atoms with Gasteiger partial charge in [0.25, 0.3) is 5.92 Å². The Morgan fingerprint density at radius 1 is 1.02 bits per heavy atom. The van der Waals surface area contributed by atoms with E-state index in [2.05, 4.69) is 5.32 Å². The van der Waals surface area contributed by atoms with Gasteiger partial charge in [-0.3, -0.25) is 0 Å². The number of unbranched alkanes of at least 4 members (excludes halogenated alkanes) is 3. The number of carbonyl (C=O) groups excluding carboxylic acids is 1. The van der Waals surface area contributed by atoms with Gasteiger partial charge in [-0.25, -0.2) is 18.4 Å². The van der Waals surface area contributed by atoms with Crippen molar-refractivity contribution in [3.63, 3.8) is 0 Å². The van der Waals surface area contributed by atoms with Gasteiger partial charge in [0.15, 0.2) is 0 Å². The Morgan fingerprint density at radius 3 is 2.29 bits per heavy atom. The molecule has 1 aliphatic rings. The molecule has 0 spiro atoms. The normalized spacial score (nSPS) is 21.8. The van der Waals surface area contributed by atoms with Crippen LogP contribution in [-0.4, -0.2) is 80.0 Å². The first-order valence-electron chi connectivity index (χ1n) is 14.8. The van der Waals surface area contributed by atoms with Gasteiger partial charge >= 0.3 is 12.1 Å². The fourth-order valence-corrected chi connectivity index (χ4v) is 4.41. The van der Waals surface area contributed by atoms with Crippen LogP contribution in [0.4, 0.5) is 13.6 Å². The Bertz CT molecular complexity index is 875. The number of alkyl carbamates (subject to hydrolysis) is 1. The number of ether oxygens (including phenoxy) is 5. The quantitative estimate of drug-likeness (QED) is 0.186. The zero-order valence-electron chi connectivity index (χ0n) is 24.5. The molecule has 41 heavy (non-hydrogen) atoms. The van der Waals surface area contributed by atoms with Crippen molar-refractivity contribution in [1.82, 2.24) is 5.32 Å². The van der Waals surface area contributed by atoms with Crippen molar-refractivity contribution < 1.29 is 47.2 Å². The molecule has 1 amide bonds. The standard InChI is InChI=1S/C30H47F2NO8/c1-4-7-15-37-21-25-27(39-17-9-6-3)24(38-16-8-5-2)18-26(41-25)30(31,32)19-23(28(34)35)33-29(36)40-20-22-13-11-10-12-14-22/h10-14,23-27H,4-9,15-21H2,1-3H3,(H,33,36)(H,34,35)/t23-,24-,25-,26+,27-/m1/s1. The molecule has 2 N–H and O–H groups in total. The fraction of sp³-hybridized carbons (Fsp3) is 0.733. The van der Waals surface area contributed by atoms with Crippen LogP contribution in [0.3, 0.4) is 0 Å². The SMILES string of the molecule is CCCCOC[C@H]1O[C@H](C(F)(F)C[C@@H](NC(=O)OCc2ccccc2)C(=O)O)C[C@@H](OCCCC)[C@H]1OCCCC. The van der Waals surface area contributed by atoms with E-state index in [-0.39, 0.29) is 19.6 Å². The second kappa shape index (κ2) is 19.0. The summed E-state index contributed by atoms with van der Waals surface area (Å²) in [6.45, 7) is 7.24. The molecule has 0 radical (unpaired) electrons. The van der Waals surface area contributed by atoms with E-state index in [4.69, 9.17) is 23.7 Å². The predicted octanol–water partition coefficient (Wildman–Crippen LogP) is 5.74. The summed E-state index contributed by atoms with van der Waals surface area (Å²) < 4.78 is 60.2. The van der Waals surface area contributed by atoms with Gasteiger partial charge in [-0.1, -0.05) is 70.4 Å². The molecule has 5 atom stereocenters. The van der Waals surface area contributed by atoms with Crippen LogP contribution in [0, 0.1) is 0 Å². The van der Waals surface area contributed by atoms with Crippen molar-refractivity contribution in [2.24, 2.45) is 0 Å². The van der Waals surface area contributed by atoms with Crippen LogP contribution in [0.2, 0.25) is 0 Å². The molecule has 1 heterocycles. The summed E-state index contributed by atoms with van der Waals surface area (Å²) in [5, 5.41) is 11.7. The van der Waals surface area contributed by atoms with Gasteiger partial charge in [0, 0.05) is 32.7 Å². The topological polar surface area (TPSA) is 113 Å². The van der Waals surface area contributed by atoms with Gasteiger partial charge < -0.3 is 34.1 Å². The summed E-state index contributed by atoms with van der Waals surface area (Å²) >= 11 is 0. The Labute approximate surface area is 242 Å². The third-order valence-corrected chi connectivity index (χ3v) is 6.83. The van der Waals surface area contributed by atoms with E-state index in [0.717, 1.165) is 38.5 Å². The molecule has 1 aromatic carbocycles. The van der Waals surface area contributed by atoms with E-state index in [1.54, 1.807) is 30.3 Å². The zero-order valence-corrected chi connectivity index (χ0v) is 24.5. The van der Waals surface area contributed by atoms with E-state index in [9.17, 15) is 14.7 Å². The van der Waals surface area contributed by atoms with Crippen LogP contribution >= 0.6 is 0 Å². The van der Waals surface area contributed by atoms with Gasteiger partial charge in [0.2, 0.25) is 0 Å². The van der Waals surface area contributed by atoms with E-state index in [1.807, 2.05) is 20.8 Å². The minimum Gasteiger partial charge on any atom is -0.480 e. The van der Waals surface area contributed by atoms with E-state index in [0.29, 0.717) is 25.4 Å². The lowest BCUT2D eigenvalue weighted by atomic mass is 9.91. The van der Waals surface area contributed by atoms with Crippen molar-refractivity contribution in [2.75, 3.05) is 26.4 Å². The summed E-state index contributed by atoms with van der Waals surface area (Å²) in [4.78, 5) is 24.1. The van der Waals surface area contributed by atoms with E-state index >= 15 is 8.78 Å². The molecule has 9 nitrogen and oxygen atoms in total. The molecule has 0 aliphatic carbocycles. The third-order valence-electron chi connectivity index (χ3n) is 6.83. The maximum absolute atomic E-state index is 15.7. The number of nitrogens with one attached hydrogen (secondary N) is 1. The molecule has 0 bridgehead atoms. The number of alkyl halides is 2. The molecule has 1 fully saturated rings. The molecular weight excluding hydrogens is 540 g/mol. The zero-order chi connectivity index (χ0) is 30.1. The minimum absolute atomic E-state index is 0.0451. The van der Waals surface area contributed by atoms with Crippen LogP contribution in [-0.2, 0) is 35.1 Å². The third kappa shape index (κ3) is 12.6. The average Bonchev–Trinajstić information content (AvgIpc) is 2.95. The Hall–Kier alpha value is -2.34. The second-order valence-electron chi connectivity index (χ2n) is 10.3. The summed E-state index contributed by atoms with van der Waals surface area (Å²) in [6, 6.07) is 6.84. The highest BCUT2D eigenvalue weighted by atomic mass is 19.3. The Morgan fingerprint density at radius 2 is 1.66 bits per heavy atom. The van der Waals surface area contributed by atoms with Crippen molar-refractivity contribution in [3.05, 3.63) is 35.9 Å². The molecule has 0 unspecified atom stereocenters. The summed E-state index contributed by atoms with van der Waals surface area (Å²) in [5.74, 6) is -5.22. The van der Waals surface area contributed by atoms with Crippen LogP contribution in [0.5, 0.6) is 0 Å². The highest BCUT2D eigenvalue weighted by Gasteiger charge is 2.52. The summed E-state index contributed by atoms with van der Waals surface area (Å²) in [5.41, 5.74) is 0.674. The number of carbonyl (C=O) groups is 2. The molecule has 1 saturated heterocycles. The number of aliphatic carboxylic acids is 1. The van der Waals surface area contributed by atoms with Crippen LogP contribution < -0.4 is 5.32 Å². The highest BCUT2D eigenvalue weighted by molar-refractivity contribution is 5.80. The highest BCUT2D eigenvalue weighted by Crippen LogP contribution is 2.37. The number of halogens is 2. The largest absolute Gasteiger partial charge is 0.480 e. The van der Waals surface area contributed by atoms with Crippen molar-refractivity contribution in [1.29, 1.82) is 0 Å². The maximum Gasteiger partial charge on any atom is 0.408 e. The molecule has 0 aromatic heterocycles. The number of amides is 1. The molecule has 1 aliphatic heterocycles. The molecule has 11 heteroatoms. The fourth-order valence-electron chi connectivity index (χ4n) is 4.41. The molecular formula is C30H47F2NO8. The lowest BCUT2D eigenvalue weighted by Crippen LogP contribution is -2.58. The Balaban J connectivity index is 2.14. The number of benzene rings is 1. The van der Waals surface area contributed by atoms with Crippen LogP contribution in [0.15, 0.2) is 30.3 Å². The number of hydrogen-bond acceptors (Lipinski definition) is 7. The molecule has 2 rings (SSSR count). The second-order valence-corrected chi connectivity index (χ2v) is 10.3. The minimum atomic E-state index is -3.61. The number of rotatable bonds is 20. The Kier molecular flexibility index (Phi) is 16.1. The summed E-state index contributed by atoms with van der Waals surface area (Å²) in [7, 11) is 0. The number of hydrogen-bond donors (Lipinski definition) is 2. The molecule has 1 aromatic rings. The lowest BCUT2D eigenvalue weighted by Gasteiger charge is -2.44. The number of carboxylic acid groups (broad SMARTS) is 1. The molecule has 0 saturated carbocycles. The average molecular weight is 588 g/mol. The van der Waals surface area contributed by atoms with Gasteiger partial charge in [-0.05, 0) is 24.8 Å². The lowest BCUT2D eigenvalue weighted by molar-refractivity contribution is -0.260. The monoisotopic (exact) mass is 587 g/mol. The van der Waals surface area contributed by atoms with Crippen molar-refractivity contribution >= 4 is 12.1 Å². The van der Waals surface area contributed by atoms with Crippen LogP contribution in [0.1, 0.15) is 77.7 Å².